The van der Waals surface area contributed by atoms with Gasteiger partial charge in [-0.3, -0.25) is 4.79 Å². The van der Waals surface area contributed by atoms with Crippen molar-refractivity contribution in [2.75, 3.05) is 6.26 Å². The van der Waals surface area contributed by atoms with Gasteiger partial charge in [0.2, 0.25) is 0 Å². The number of phenolic OH excluding ortho intramolecular Hbond substituents is 1. The molecule has 0 aliphatic carbocycles. The van der Waals surface area contributed by atoms with Crippen LogP contribution >= 0.6 is 35.1 Å². The Morgan fingerprint density at radius 1 is 1.36 bits per heavy atom. The summed E-state index contributed by atoms with van der Waals surface area (Å²) in [5.41, 5.74) is 1.88. The molecule has 0 spiro atoms. The van der Waals surface area contributed by atoms with Gasteiger partial charge in [-0.15, -0.1) is 11.8 Å². The van der Waals surface area contributed by atoms with Crippen LogP contribution in [0.2, 0.25) is 5.02 Å². The summed E-state index contributed by atoms with van der Waals surface area (Å²) < 4.78 is 2.16. The van der Waals surface area contributed by atoms with Gasteiger partial charge in [0.25, 0.3) is 0 Å². The number of hydrogen-bond acceptors (Lipinski definition) is 5. The summed E-state index contributed by atoms with van der Waals surface area (Å²) in [6.45, 7) is 0.814. The number of fused-ring (bicyclic) bond motifs is 3. The Hall–Kier alpha value is -1.83. The zero-order valence-electron chi connectivity index (χ0n) is 15.2. The molecular weight excluding hydrogens is 416 g/mol. The van der Waals surface area contributed by atoms with E-state index in [1.165, 1.54) is 11.8 Å². The second-order valence-electron chi connectivity index (χ2n) is 6.73. The number of aromatic nitrogens is 2. The minimum atomic E-state index is -0.802. The highest BCUT2D eigenvalue weighted by molar-refractivity contribution is 8.00. The first-order chi connectivity index (χ1) is 13.5. The van der Waals surface area contributed by atoms with Crippen LogP contribution in [-0.4, -0.2) is 32.0 Å². The quantitative estimate of drug-likeness (QED) is 0.507. The molecule has 146 valence electrons. The number of carboxylic acids is 1. The fraction of sp³-hybridized carbons (Fsp3) is 0.300. The van der Waals surface area contributed by atoms with Crippen LogP contribution < -0.4 is 0 Å². The standard InChI is InChI=1S/C20H19ClN2O3S2/c1-27-14-6-7-22-20-17(14)19(28-15-10-12(21)4-5-13(15)24)18-11(9-16(25)26)3-2-8-23(18)20/h4-7,10-11,24H,2-3,8-9H2,1H3,(H,25,26). The van der Waals surface area contributed by atoms with Gasteiger partial charge in [0.1, 0.15) is 11.4 Å². The SMILES string of the molecule is CSc1ccnc2c1c(Sc1cc(Cl)ccc1O)c1n2CCCC1CC(=O)O. The van der Waals surface area contributed by atoms with Crippen molar-refractivity contribution >= 4 is 52.1 Å². The predicted molar refractivity (Wildman–Crippen MR) is 113 cm³/mol. The number of nitrogens with zero attached hydrogens (tertiary/aromatic N) is 2. The summed E-state index contributed by atoms with van der Waals surface area (Å²) in [5, 5.41) is 21.3. The van der Waals surface area contributed by atoms with Crippen LogP contribution in [0.5, 0.6) is 5.75 Å². The zero-order valence-corrected chi connectivity index (χ0v) is 17.6. The van der Waals surface area contributed by atoms with E-state index in [-0.39, 0.29) is 18.1 Å². The number of aliphatic carboxylic acids is 1. The van der Waals surface area contributed by atoms with Crippen molar-refractivity contribution in [3.8, 4) is 5.75 Å². The fourth-order valence-electron chi connectivity index (χ4n) is 3.84. The van der Waals surface area contributed by atoms with Gasteiger partial charge in [-0.05, 0) is 43.4 Å². The predicted octanol–water partition coefficient (Wildman–Crippen LogP) is 5.62. The molecule has 0 saturated heterocycles. The maximum atomic E-state index is 11.5. The van der Waals surface area contributed by atoms with Crippen molar-refractivity contribution in [1.29, 1.82) is 0 Å². The minimum Gasteiger partial charge on any atom is -0.507 e. The number of benzene rings is 1. The Kier molecular flexibility index (Phi) is 5.49. The maximum absolute atomic E-state index is 11.5. The molecule has 1 atom stereocenters. The van der Waals surface area contributed by atoms with Gasteiger partial charge in [0, 0.05) is 44.6 Å². The topological polar surface area (TPSA) is 75.4 Å². The fourth-order valence-corrected chi connectivity index (χ4v) is 6.00. The Morgan fingerprint density at radius 3 is 2.93 bits per heavy atom. The first-order valence-electron chi connectivity index (χ1n) is 8.92. The molecule has 4 rings (SSSR count). The monoisotopic (exact) mass is 434 g/mol. The van der Waals surface area contributed by atoms with Crippen molar-refractivity contribution in [2.24, 2.45) is 0 Å². The molecule has 1 aromatic carbocycles. The average molecular weight is 435 g/mol. The highest BCUT2D eigenvalue weighted by Crippen LogP contribution is 2.49. The van der Waals surface area contributed by atoms with Gasteiger partial charge in [0.05, 0.1) is 11.3 Å². The summed E-state index contributed by atoms with van der Waals surface area (Å²) in [5.74, 6) is -0.732. The van der Waals surface area contributed by atoms with E-state index in [0.717, 1.165) is 45.9 Å². The van der Waals surface area contributed by atoms with Crippen molar-refractivity contribution < 1.29 is 15.0 Å². The molecular formula is C20H19ClN2O3S2. The average Bonchev–Trinajstić information content (AvgIpc) is 2.99. The molecule has 0 radical (unpaired) electrons. The molecule has 0 fully saturated rings. The summed E-state index contributed by atoms with van der Waals surface area (Å²) in [6, 6.07) is 6.95. The minimum absolute atomic E-state index is 0.0833. The third-order valence-corrected chi connectivity index (χ3v) is 7.17. The van der Waals surface area contributed by atoms with Gasteiger partial charge >= 0.3 is 5.97 Å². The van der Waals surface area contributed by atoms with Crippen LogP contribution in [0, 0.1) is 0 Å². The van der Waals surface area contributed by atoms with Crippen LogP contribution in [0.15, 0.2) is 45.1 Å². The van der Waals surface area contributed by atoms with Gasteiger partial charge in [0.15, 0.2) is 0 Å². The van der Waals surface area contributed by atoms with Gasteiger partial charge in [-0.1, -0.05) is 23.4 Å². The number of phenols is 1. The number of hydrogen-bond donors (Lipinski definition) is 2. The van der Waals surface area contributed by atoms with E-state index < -0.39 is 5.97 Å². The molecule has 0 saturated carbocycles. The smallest absolute Gasteiger partial charge is 0.304 e. The van der Waals surface area contributed by atoms with Crippen LogP contribution in [0.3, 0.4) is 0 Å². The van der Waals surface area contributed by atoms with E-state index >= 15 is 0 Å². The van der Waals surface area contributed by atoms with Crippen LogP contribution in [0.4, 0.5) is 0 Å². The van der Waals surface area contributed by atoms with Crippen molar-refractivity contribution in [1.82, 2.24) is 9.55 Å². The molecule has 0 amide bonds. The zero-order chi connectivity index (χ0) is 19.8. The van der Waals surface area contributed by atoms with E-state index in [1.807, 2.05) is 12.3 Å². The number of rotatable bonds is 5. The normalized spacial score (nSPS) is 16.3. The number of aromatic hydroxyl groups is 1. The first kappa shape index (κ1) is 19.5. The second kappa shape index (κ2) is 7.89. The molecule has 0 bridgehead atoms. The number of aryl methyl sites for hydroxylation is 1. The lowest BCUT2D eigenvalue weighted by Crippen LogP contribution is -2.18. The molecule has 1 aliphatic rings. The molecule has 3 heterocycles. The van der Waals surface area contributed by atoms with E-state index in [2.05, 4.69) is 9.55 Å². The molecule has 28 heavy (non-hydrogen) atoms. The highest BCUT2D eigenvalue weighted by Gasteiger charge is 2.31. The van der Waals surface area contributed by atoms with E-state index in [0.29, 0.717) is 9.92 Å². The third-order valence-electron chi connectivity index (χ3n) is 4.99. The molecule has 2 aromatic heterocycles. The summed E-state index contributed by atoms with van der Waals surface area (Å²) in [4.78, 5) is 18.8. The van der Waals surface area contributed by atoms with Crippen LogP contribution in [0.1, 0.15) is 30.9 Å². The van der Waals surface area contributed by atoms with Gasteiger partial charge in [-0.25, -0.2) is 4.98 Å². The third kappa shape index (κ3) is 3.47. The lowest BCUT2D eigenvalue weighted by molar-refractivity contribution is -0.137. The first-order valence-corrected chi connectivity index (χ1v) is 11.3. The van der Waals surface area contributed by atoms with Crippen molar-refractivity contribution in [3.05, 3.63) is 41.2 Å². The van der Waals surface area contributed by atoms with Gasteiger partial charge < -0.3 is 14.8 Å². The van der Waals surface area contributed by atoms with Crippen molar-refractivity contribution in [3.63, 3.8) is 0 Å². The lowest BCUT2D eigenvalue weighted by atomic mass is 9.93. The number of pyridine rings is 1. The van der Waals surface area contributed by atoms with E-state index in [9.17, 15) is 15.0 Å². The Bertz CT molecular complexity index is 1070. The number of thioether (sulfide) groups is 1. The molecule has 1 unspecified atom stereocenters. The molecule has 5 nitrogen and oxygen atoms in total. The Labute approximate surface area is 176 Å². The van der Waals surface area contributed by atoms with Crippen LogP contribution in [0.25, 0.3) is 11.0 Å². The molecule has 2 N–H and O–H groups in total. The number of carboxylic acid groups (broad SMARTS) is 1. The highest BCUT2D eigenvalue weighted by atomic mass is 35.5. The van der Waals surface area contributed by atoms with Crippen molar-refractivity contribution in [2.45, 2.75) is 46.4 Å². The lowest BCUT2D eigenvalue weighted by Gasteiger charge is -2.25. The number of halogens is 1. The number of carbonyl (C=O) groups is 1. The second-order valence-corrected chi connectivity index (χ2v) is 9.07. The van der Waals surface area contributed by atoms with E-state index in [1.54, 1.807) is 36.2 Å². The Balaban J connectivity index is 1.97. The molecule has 3 aromatic rings. The maximum Gasteiger partial charge on any atom is 0.304 e. The summed E-state index contributed by atoms with van der Waals surface area (Å²) >= 11 is 9.23. The van der Waals surface area contributed by atoms with E-state index in [4.69, 9.17) is 11.6 Å². The summed E-state index contributed by atoms with van der Waals surface area (Å²) in [6.07, 6.45) is 5.65. The molecule has 8 heteroatoms. The van der Waals surface area contributed by atoms with Gasteiger partial charge in [-0.2, -0.15) is 0 Å². The Morgan fingerprint density at radius 2 is 2.18 bits per heavy atom. The summed E-state index contributed by atoms with van der Waals surface area (Å²) in [7, 11) is 0. The largest absolute Gasteiger partial charge is 0.507 e. The van der Waals surface area contributed by atoms with Crippen LogP contribution in [-0.2, 0) is 11.3 Å². The molecule has 1 aliphatic heterocycles.